The van der Waals surface area contributed by atoms with Crippen molar-refractivity contribution in [2.75, 3.05) is 20.1 Å². The van der Waals surface area contributed by atoms with Gasteiger partial charge in [0.05, 0.1) is 11.3 Å². The Morgan fingerprint density at radius 1 is 1.13 bits per heavy atom. The summed E-state index contributed by atoms with van der Waals surface area (Å²) in [6, 6.07) is 11.0. The van der Waals surface area contributed by atoms with Crippen LogP contribution in [0.1, 0.15) is 30.0 Å². The number of hydrogen-bond acceptors (Lipinski definition) is 2. The molecule has 0 aliphatic carbocycles. The topological polar surface area (TPSA) is 16.1 Å². The number of piperidine rings is 1. The van der Waals surface area contributed by atoms with Gasteiger partial charge >= 0.3 is 6.18 Å². The van der Waals surface area contributed by atoms with Crippen LogP contribution in [0.2, 0.25) is 0 Å². The molecule has 0 saturated carbocycles. The smallest absolute Gasteiger partial charge is 0.306 e. The first kappa shape index (κ1) is 16.0. The zero-order valence-electron chi connectivity index (χ0n) is 13.0. The number of aromatic nitrogens is 1. The van der Waals surface area contributed by atoms with Crippen LogP contribution in [-0.2, 0) is 6.18 Å². The van der Waals surface area contributed by atoms with Gasteiger partial charge in [-0.15, -0.1) is 0 Å². The number of alkyl halides is 3. The van der Waals surface area contributed by atoms with E-state index in [2.05, 4.69) is 16.9 Å². The molecule has 0 spiro atoms. The average Bonchev–Trinajstić information content (AvgIpc) is 2.54. The Balaban J connectivity index is 1.91. The first-order chi connectivity index (χ1) is 10.9. The lowest BCUT2D eigenvalue weighted by atomic mass is 9.94. The molecule has 23 heavy (non-hydrogen) atoms. The Bertz CT molecular complexity index is 682. The van der Waals surface area contributed by atoms with E-state index in [1.54, 1.807) is 12.1 Å². The zero-order valence-corrected chi connectivity index (χ0v) is 13.0. The summed E-state index contributed by atoms with van der Waals surface area (Å²) in [6.45, 7) is 2.03. The molecule has 1 aliphatic rings. The van der Waals surface area contributed by atoms with Gasteiger partial charge in [-0.1, -0.05) is 18.2 Å². The maximum Gasteiger partial charge on any atom is 0.416 e. The van der Waals surface area contributed by atoms with E-state index in [4.69, 9.17) is 0 Å². The minimum absolute atomic E-state index is 0.347. The number of halogens is 3. The highest BCUT2D eigenvalue weighted by Crippen LogP contribution is 2.32. The van der Waals surface area contributed by atoms with Crippen molar-refractivity contribution in [3.8, 4) is 11.3 Å². The molecule has 0 bridgehead atoms. The van der Waals surface area contributed by atoms with E-state index in [0.29, 0.717) is 17.2 Å². The monoisotopic (exact) mass is 320 g/mol. The maximum absolute atomic E-state index is 12.9. The van der Waals surface area contributed by atoms with E-state index in [1.165, 1.54) is 12.1 Å². The fraction of sp³-hybridized carbons (Fsp3) is 0.389. The van der Waals surface area contributed by atoms with E-state index in [-0.39, 0.29) is 0 Å². The molecule has 2 aromatic rings. The van der Waals surface area contributed by atoms with Crippen LogP contribution in [0.25, 0.3) is 11.3 Å². The van der Waals surface area contributed by atoms with Gasteiger partial charge in [-0.05, 0) is 50.7 Å². The van der Waals surface area contributed by atoms with Crippen LogP contribution < -0.4 is 0 Å². The van der Waals surface area contributed by atoms with Gasteiger partial charge in [0.2, 0.25) is 0 Å². The number of nitrogens with zero attached hydrogens (tertiary/aromatic N) is 2. The Labute approximate surface area is 134 Å². The summed E-state index contributed by atoms with van der Waals surface area (Å²) < 4.78 is 38.6. The molecule has 5 heteroatoms. The van der Waals surface area contributed by atoms with Crippen molar-refractivity contribution in [2.45, 2.75) is 24.9 Å². The highest BCUT2D eigenvalue weighted by molar-refractivity contribution is 5.60. The highest BCUT2D eigenvalue weighted by atomic mass is 19.4. The summed E-state index contributed by atoms with van der Waals surface area (Å²) in [5.41, 5.74) is 1.43. The van der Waals surface area contributed by atoms with Crippen molar-refractivity contribution in [3.63, 3.8) is 0 Å². The van der Waals surface area contributed by atoms with Crippen LogP contribution >= 0.6 is 0 Å². The number of rotatable bonds is 2. The van der Waals surface area contributed by atoms with E-state index in [0.717, 1.165) is 37.7 Å². The maximum atomic E-state index is 12.9. The summed E-state index contributed by atoms with van der Waals surface area (Å²) in [7, 11) is 2.09. The molecule has 0 unspecified atom stereocenters. The van der Waals surface area contributed by atoms with Crippen LogP contribution in [0.4, 0.5) is 13.2 Å². The molecule has 1 aromatic heterocycles. The Morgan fingerprint density at radius 3 is 2.65 bits per heavy atom. The molecule has 0 N–H and O–H groups in total. The van der Waals surface area contributed by atoms with E-state index >= 15 is 0 Å². The molecular weight excluding hydrogens is 301 g/mol. The van der Waals surface area contributed by atoms with Gasteiger partial charge in [0, 0.05) is 23.7 Å². The summed E-state index contributed by atoms with van der Waals surface area (Å²) in [6.07, 6.45) is -2.14. The molecule has 1 aromatic carbocycles. The Hall–Kier alpha value is -1.88. The SMILES string of the molecule is CN1CCC[C@@H](c2cccc(-c3cccc(C(F)(F)F)c3)n2)C1. The van der Waals surface area contributed by atoms with Gasteiger partial charge in [0.25, 0.3) is 0 Å². The molecule has 0 amide bonds. The van der Waals surface area contributed by atoms with Gasteiger partial charge in [-0.2, -0.15) is 13.2 Å². The minimum Gasteiger partial charge on any atom is -0.306 e. The summed E-state index contributed by atoms with van der Waals surface area (Å²) >= 11 is 0. The predicted octanol–water partition coefficient (Wildman–Crippen LogP) is 4.58. The lowest BCUT2D eigenvalue weighted by molar-refractivity contribution is -0.137. The molecule has 1 aliphatic heterocycles. The van der Waals surface area contributed by atoms with Crippen LogP contribution in [0.15, 0.2) is 42.5 Å². The van der Waals surface area contributed by atoms with Crippen molar-refractivity contribution >= 4 is 0 Å². The first-order valence-corrected chi connectivity index (χ1v) is 7.76. The van der Waals surface area contributed by atoms with Gasteiger partial charge in [0.1, 0.15) is 0 Å². The molecule has 2 nitrogen and oxygen atoms in total. The molecule has 2 heterocycles. The molecule has 1 saturated heterocycles. The second kappa shape index (κ2) is 6.32. The predicted molar refractivity (Wildman–Crippen MR) is 84.1 cm³/mol. The van der Waals surface area contributed by atoms with Crippen molar-refractivity contribution in [1.82, 2.24) is 9.88 Å². The Kier molecular flexibility index (Phi) is 4.39. The van der Waals surface area contributed by atoms with Gasteiger partial charge < -0.3 is 4.90 Å². The van der Waals surface area contributed by atoms with Crippen molar-refractivity contribution in [1.29, 1.82) is 0 Å². The largest absolute Gasteiger partial charge is 0.416 e. The van der Waals surface area contributed by atoms with Gasteiger partial charge in [0.15, 0.2) is 0 Å². The van der Waals surface area contributed by atoms with E-state index < -0.39 is 11.7 Å². The van der Waals surface area contributed by atoms with Gasteiger partial charge in [-0.25, -0.2) is 0 Å². The minimum atomic E-state index is -4.33. The highest BCUT2D eigenvalue weighted by Gasteiger charge is 2.30. The van der Waals surface area contributed by atoms with Crippen molar-refractivity contribution < 1.29 is 13.2 Å². The molecule has 1 fully saturated rings. The second-order valence-corrected chi connectivity index (χ2v) is 6.13. The number of hydrogen-bond donors (Lipinski definition) is 0. The number of benzene rings is 1. The Morgan fingerprint density at radius 2 is 1.91 bits per heavy atom. The summed E-state index contributed by atoms with van der Waals surface area (Å²) in [5, 5.41) is 0. The van der Waals surface area contributed by atoms with Crippen LogP contribution in [0, 0.1) is 0 Å². The quantitative estimate of drug-likeness (QED) is 0.805. The third kappa shape index (κ3) is 3.72. The summed E-state index contributed by atoms with van der Waals surface area (Å²) in [5.74, 6) is 0.347. The molecule has 1 atom stereocenters. The third-order valence-corrected chi connectivity index (χ3v) is 4.30. The first-order valence-electron chi connectivity index (χ1n) is 7.76. The number of likely N-dealkylation sites (tertiary alicyclic amines) is 1. The van der Waals surface area contributed by atoms with Gasteiger partial charge in [-0.3, -0.25) is 4.98 Å². The van der Waals surface area contributed by atoms with Crippen LogP contribution in [0.3, 0.4) is 0 Å². The number of pyridine rings is 1. The molecule has 122 valence electrons. The molecule has 3 rings (SSSR count). The molecule has 0 radical (unpaired) electrons. The summed E-state index contributed by atoms with van der Waals surface area (Å²) in [4.78, 5) is 6.90. The third-order valence-electron chi connectivity index (χ3n) is 4.30. The lowest BCUT2D eigenvalue weighted by Gasteiger charge is -2.29. The lowest BCUT2D eigenvalue weighted by Crippen LogP contribution is -2.31. The average molecular weight is 320 g/mol. The standard InChI is InChI=1S/C18H19F3N2/c1-23-10-4-6-14(12-23)17-9-3-8-16(22-17)13-5-2-7-15(11-13)18(19,20)21/h2-3,5,7-9,11,14H,4,6,10,12H2,1H3/t14-/m1/s1. The fourth-order valence-electron chi connectivity index (χ4n) is 3.10. The van der Waals surface area contributed by atoms with E-state index in [9.17, 15) is 13.2 Å². The fourth-order valence-corrected chi connectivity index (χ4v) is 3.10. The normalized spacial score (nSPS) is 19.7. The van der Waals surface area contributed by atoms with Crippen LogP contribution in [0.5, 0.6) is 0 Å². The van der Waals surface area contributed by atoms with Crippen LogP contribution in [-0.4, -0.2) is 30.0 Å². The van der Waals surface area contributed by atoms with E-state index in [1.807, 2.05) is 12.1 Å². The zero-order chi connectivity index (χ0) is 16.4. The van der Waals surface area contributed by atoms with Crippen molar-refractivity contribution in [2.24, 2.45) is 0 Å². The second-order valence-electron chi connectivity index (χ2n) is 6.13. The van der Waals surface area contributed by atoms with Crippen molar-refractivity contribution in [3.05, 3.63) is 53.7 Å². The molecular formula is C18H19F3N2. The number of likely N-dealkylation sites (N-methyl/N-ethyl adjacent to an activating group) is 1.